The van der Waals surface area contributed by atoms with Gasteiger partial charge in [-0.1, -0.05) is 46.9 Å². The predicted molar refractivity (Wildman–Crippen MR) is 133 cm³/mol. The molecular weight excluding hydrogens is 512 g/mol. The molecule has 1 aromatic heterocycles. The molecule has 1 amide bonds. The molecule has 1 atom stereocenters. The normalized spacial score (nSPS) is 12.8. The first kappa shape index (κ1) is 27.7. The number of carbonyl (C=O) groups excluding carboxylic acids is 1. The molecule has 37 heavy (non-hydrogen) atoms. The number of benzene rings is 2. The number of pyridine rings is 1. The summed E-state index contributed by atoms with van der Waals surface area (Å²) in [6.45, 7) is 1.83. The van der Waals surface area contributed by atoms with Crippen molar-refractivity contribution in [2.45, 2.75) is 25.7 Å². The van der Waals surface area contributed by atoms with Gasteiger partial charge in [-0.2, -0.15) is 13.2 Å². The average molecular weight is 537 g/mol. The maximum atomic E-state index is 14.0. The number of carbonyl (C=O) groups is 1. The summed E-state index contributed by atoms with van der Waals surface area (Å²) in [6, 6.07) is 16.0. The molecule has 0 saturated carbocycles. The number of hydrogen-bond acceptors (Lipinski definition) is 5. The van der Waals surface area contributed by atoms with Gasteiger partial charge in [0, 0.05) is 18.2 Å². The molecule has 0 bridgehead atoms. The summed E-state index contributed by atoms with van der Waals surface area (Å²) in [6.07, 6.45) is -1.46. The van der Waals surface area contributed by atoms with Crippen molar-refractivity contribution in [3.8, 4) is 0 Å². The third-order valence-electron chi connectivity index (χ3n) is 5.16. The van der Waals surface area contributed by atoms with E-state index in [1.807, 2.05) is 6.07 Å². The van der Waals surface area contributed by atoms with Gasteiger partial charge >= 0.3 is 6.18 Å². The standard InChI is InChI=1S/C25H24F4N4O3S/c1-17(20-9-6-10-21(15-20)33(29)37(2,35)36)31-23(34)14-12-19-11-13-22(25(26,27)28)32-24(19)30-16-18-7-4-3-5-8-18/h3-15,17H,16H2,1-2H3,(H,30,32)(H,31,34). The third kappa shape index (κ3) is 7.78. The molecule has 2 aromatic carbocycles. The van der Waals surface area contributed by atoms with Gasteiger partial charge < -0.3 is 10.6 Å². The summed E-state index contributed by atoms with van der Waals surface area (Å²) < 4.78 is 76.1. The summed E-state index contributed by atoms with van der Waals surface area (Å²) in [4.78, 5) is 16.2. The molecule has 0 aliphatic carbocycles. The minimum atomic E-state index is -4.64. The lowest BCUT2D eigenvalue weighted by Gasteiger charge is -2.16. The molecule has 0 aliphatic rings. The Bertz CT molecular complexity index is 1380. The van der Waals surface area contributed by atoms with Gasteiger partial charge in [-0.15, -0.1) is 4.53 Å². The molecule has 0 radical (unpaired) electrons. The van der Waals surface area contributed by atoms with Gasteiger partial charge in [0.2, 0.25) is 5.91 Å². The van der Waals surface area contributed by atoms with Crippen LogP contribution in [0.3, 0.4) is 0 Å². The van der Waals surface area contributed by atoms with E-state index in [0.717, 1.165) is 24.0 Å². The first-order valence-electron chi connectivity index (χ1n) is 11.0. The van der Waals surface area contributed by atoms with Crippen LogP contribution in [0.25, 0.3) is 6.08 Å². The van der Waals surface area contributed by atoms with E-state index < -0.39 is 33.8 Å². The largest absolute Gasteiger partial charge is 0.433 e. The zero-order valence-corrected chi connectivity index (χ0v) is 20.6. The first-order valence-corrected chi connectivity index (χ1v) is 12.8. The van der Waals surface area contributed by atoms with Crippen molar-refractivity contribution in [1.29, 1.82) is 0 Å². The Hall–Kier alpha value is -3.93. The summed E-state index contributed by atoms with van der Waals surface area (Å²) >= 11 is 0. The molecule has 2 N–H and O–H groups in total. The van der Waals surface area contributed by atoms with Crippen LogP contribution >= 0.6 is 0 Å². The van der Waals surface area contributed by atoms with Gasteiger partial charge in [-0.25, -0.2) is 13.4 Å². The fourth-order valence-electron chi connectivity index (χ4n) is 3.29. The Morgan fingerprint density at radius 2 is 1.78 bits per heavy atom. The van der Waals surface area contributed by atoms with Crippen LogP contribution in [-0.4, -0.2) is 25.6 Å². The molecule has 196 valence electrons. The van der Waals surface area contributed by atoms with Gasteiger partial charge in [0.1, 0.15) is 11.5 Å². The van der Waals surface area contributed by atoms with Crippen LogP contribution in [0, 0.1) is 0 Å². The predicted octanol–water partition coefficient (Wildman–Crippen LogP) is 5.25. The lowest BCUT2D eigenvalue weighted by Crippen LogP contribution is -2.25. The average Bonchev–Trinajstić information content (AvgIpc) is 2.85. The van der Waals surface area contributed by atoms with E-state index in [1.165, 1.54) is 30.3 Å². The van der Waals surface area contributed by atoms with Crippen LogP contribution in [0.4, 0.5) is 29.2 Å². The molecule has 3 aromatic rings. The number of halogens is 4. The Morgan fingerprint density at radius 3 is 2.43 bits per heavy atom. The SMILES string of the molecule is CC(NC(=O)C=Cc1ccc(C(F)(F)F)nc1NCc1ccccc1)c1cccc(N(F)S(C)(=O)=O)c1. The fraction of sp³-hybridized carbons (Fsp3) is 0.200. The van der Waals surface area contributed by atoms with Crippen molar-refractivity contribution in [3.05, 3.63) is 95.2 Å². The van der Waals surface area contributed by atoms with Crippen LogP contribution in [0.5, 0.6) is 0 Å². The monoisotopic (exact) mass is 536 g/mol. The summed E-state index contributed by atoms with van der Waals surface area (Å²) in [7, 11) is -4.11. The van der Waals surface area contributed by atoms with E-state index in [4.69, 9.17) is 0 Å². The maximum Gasteiger partial charge on any atom is 0.433 e. The number of sulfonamides is 1. The molecule has 3 rings (SSSR count). The topological polar surface area (TPSA) is 91.4 Å². The second-order valence-electron chi connectivity index (χ2n) is 8.11. The van der Waals surface area contributed by atoms with Gasteiger partial charge in [0.15, 0.2) is 0 Å². The van der Waals surface area contributed by atoms with E-state index in [9.17, 15) is 30.9 Å². The van der Waals surface area contributed by atoms with Crippen molar-refractivity contribution >= 4 is 33.5 Å². The van der Waals surface area contributed by atoms with Crippen molar-refractivity contribution in [2.75, 3.05) is 16.1 Å². The quantitative estimate of drug-likeness (QED) is 0.221. The summed E-state index contributed by atoms with van der Waals surface area (Å²) in [5.41, 5.74) is 0.228. The zero-order chi connectivity index (χ0) is 27.2. The van der Waals surface area contributed by atoms with Crippen molar-refractivity contribution in [3.63, 3.8) is 0 Å². The van der Waals surface area contributed by atoms with Crippen LogP contribution in [0.15, 0.2) is 72.8 Å². The van der Waals surface area contributed by atoms with Crippen molar-refractivity contribution in [2.24, 2.45) is 0 Å². The first-order chi connectivity index (χ1) is 17.3. The lowest BCUT2D eigenvalue weighted by molar-refractivity contribution is -0.141. The van der Waals surface area contributed by atoms with Gasteiger partial charge in [0.25, 0.3) is 10.0 Å². The number of amides is 1. The van der Waals surface area contributed by atoms with Crippen LogP contribution in [0.1, 0.15) is 35.3 Å². The fourth-order valence-corrected chi connectivity index (χ4v) is 3.79. The number of alkyl halides is 3. The molecule has 1 unspecified atom stereocenters. The molecule has 12 heteroatoms. The highest BCUT2D eigenvalue weighted by atomic mass is 32.2. The van der Waals surface area contributed by atoms with Crippen molar-refractivity contribution < 1.29 is 30.9 Å². The molecule has 0 saturated heterocycles. The van der Waals surface area contributed by atoms with Gasteiger partial charge in [-0.3, -0.25) is 4.79 Å². The molecule has 1 heterocycles. The number of hydrogen-bond donors (Lipinski definition) is 2. The number of nitrogens with one attached hydrogen (secondary N) is 2. The highest BCUT2D eigenvalue weighted by Gasteiger charge is 2.33. The summed E-state index contributed by atoms with van der Waals surface area (Å²) in [5, 5.41) is 5.53. The Balaban J connectivity index is 1.76. The second kappa shape index (κ2) is 11.4. The van der Waals surface area contributed by atoms with E-state index in [1.54, 1.807) is 37.3 Å². The Kier molecular flexibility index (Phi) is 8.53. The highest BCUT2D eigenvalue weighted by Crippen LogP contribution is 2.30. The zero-order valence-electron chi connectivity index (χ0n) is 19.8. The van der Waals surface area contributed by atoms with E-state index in [0.29, 0.717) is 5.56 Å². The Morgan fingerprint density at radius 1 is 1.08 bits per heavy atom. The van der Waals surface area contributed by atoms with E-state index in [2.05, 4.69) is 15.6 Å². The maximum absolute atomic E-state index is 14.0. The molecule has 7 nitrogen and oxygen atoms in total. The van der Waals surface area contributed by atoms with Gasteiger partial charge in [-0.05, 0) is 48.4 Å². The lowest BCUT2D eigenvalue weighted by atomic mass is 10.1. The van der Waals surface area contributed by atoms with Gasteiger partial charge in [0.05, 0.1) is 18.0 Å². The number of anilines is 2. The molecule has 0 fully saturated rings. The number of rotatable bonds is 9. The summed E-state index contributed by atoms with van der Waals surface area (Å²) in [5.74, 6) is -0.626. The molecular formula is C25H24F4N4O3S. The van der Waals surface area contributed by atoms with Crippen LogP contribution < -0.4 is 15.2 Å². The highest BCUT2D eigenvalue weighted by molar-refractivity contribution is 7.91. The molecule has 0 aliphatic heterocycles. The third-order valence-corrected chi connectivity index (χ3v) is 5.95. The number of nitrogens with zero attached hydrogens (tertiary/aromatic N) is 2. The van der Waals surface area contributed by atoms with Crippen LogP contribution in [-0.2, 0) is 27.5 Å². The Labute approximate surface area is 211 Å². The second-order valence-corrected chi connectivity index (χ2v) is 9.89. The molecule has 0 spiro atoms. The smallest absolute Gasteiger partial charge is 0.365 e. The van der Waals surface area contributed by atoms with E-state index >= 15 is 0 Å². The van der Waals surface area contributed by atoms with E-state index in [-0.39, 0.29) is 28.1 Å². The minimum Gasteiger partial charge on any atom is -0.365 e. The van der Waals surface area contributed by atoms with Crippen LogP contribution in [0.2, 0.25) is 0 Å². The van der Waals surface area contributed by atoms with Crippen molar-refractivity contribution in [1.82, 2.24) is 10.3 Å². The minimum absolute atomic E-state index is 0.0488. The number of aromatic nitrogens is 1.